The summed E-state index contributed by atoms with van der Waals surface area (Å²) >= 11 is 0. The Morgan fingerprint density at radius 1 is 1.25 bits per heavy atom. The molecule has 0 aromatic rings. The highest BCUT2D eigenvalue weighted by atomic mass is 16.4. The van der Waals surface area contributed by atoms with Crippen LogP contribution in [-0.2, 0) is 4.79 Å². The smallest absolute Gasteiger partial charge is 0.315 e. The molecule has 3 N–H and O–H groups in total. The lowest BCUT2D eigenvalue weighted by molar-refractivity contribution is -0.141. The zero-order valence-corrected chi connectivity index (χ0v) is 12.8. The number of carboxylic acid groups (broad SMARTS) is 1. The lowest BCUT2D eigenvalue weighted by Gasteiger charge is -2.20. The minimum Gasteiger partial charge on any atom is -0.481 e. The van der Waals surface area contributed by atoms with Crippen molar-refractivity contribution in [3.8, 4) is 0 Å². The highest BCUT2D eigenvalue weighted by molar-refractivity contribution is 5.74. The van der Waals surface area contributed by atoms with Crippen molar-refractivity contribution >= 4 is 12.0 Å². The number of aliphatic carboxylic acids is 1. The van der Waals surface area contributed by atoms with Gasteiger partial charge in [0.2, 0.25) is 0 Å². The van der Waals surface area contributed by atoms with Gasteiger partial charge in [-0.25, -0.2) is 4.79 Å². The van der Waals surface area contributed by atoms with Gasteiger partial charge in [-0.15, -0.1) is 0 Å². The third-order valence-electron chi connectivity index (χ3n) is 4.25. The van der Waals surface area contributed by atoms with Crippen molar-refractivity contribution in [2.75, 3.05) is 0 Å². The Morgan fingerprint density at radius 2 is 1.95 bits per heavy atom. The Balaban J connectivity index is 2.16. The van der Waals surface area contributed by atoms with Gasteiger partial charge in [0.1, 0.15) is 0 Å². The molecule has 0 saturated heterocycles. The maximum absolute atomic E-state index is 11.8. The van der Waals surface area contributed by atoms with Crippen LogP contribution in [0, 0.1) is 11.8 Å². The number of hydrogen-bond donors (Lipinski definition) is 3. The van der Waals surface area contributed by atoms with E-state index in [1.54, 1.807) is 6.92 Å². The molecule has 1 fully saturated rings. The molecule has 0 aromatic carbocycles. The Labute approximate surface area is 121 Å². The summed E-state index contributed by atoms with van der Waals surface area (Å²) in [6.45, 7) is 5.85. The number of carbonyl (C=O) groups excluding carboxylic acids is 1. The lowest BCUT2D eigenvalue weighted by Crippen LogP contribution is -2.46. The van der Waals surface area contributed by atoms with Crippen molar-refractivity contribution < 1.29 is 14.7 Å². The van der Waals surface area contributed by atoms with Gasteiger partial charge in [0.05, 0.1) is 5.92 Å². The van der Waals surface area contributed by atoms with Crippen molar-refractivity contribution in [1.82, 2.24) is 10.6 Å². The molecule has 4 atom stereocenters. The maximum Gasteiger partial charge on any atom is 0.315 e. The highest BCUT2D eigenvalue weighted by Crippen LogP contribution is 2.24. The largest absolute Gasteiger partial charge is 0.481 e. The number of amides is 2. The topological polar surface area (TPSA) is 78.4 Å². The summed E-state index contributed by atoms with van der Waals surface area (Å²) in [4.78, 5) is 22.5. The van der Waals surface area contributed by atoms with Crippen LogP contribution < -0.4 is 10.6 Å². The standard InChI is InChI=1S/C15H28N2O3/c1-10-6-5-9-13(10)17-15(20)16-12(3)8-4-7-11(2)14(18)19/h10-13H,4-9H2,1-3H3,(H,18,19)(H2,16,17,20). The SMILES string of the molecule is CC(CCCC(C)C(=O)O)NC(=O)NC1CCCC1C. The van der Waals surface area contributed by atoms with Crippen molar-refractivity contribution in [3.63, 3.8) is 0 Å². The molecule has 0 spiro atoms. The van der Waals surface area contributed by atoms with Crippen LogP contribution in [0.5, 0.6) is 0 Å². The minimum atomic E-state index is -0.751. The molecule has 0 bridgehead atoms. The Kier molecular flexibility index (Phi) is 6.82. The zero-order chi connectivity index (χ0) is 15.1. The van der Waals surface area contributed by atoms with E-state index in [1.165, 1.54) is 12.8 Å². The van der Waals surface area contributed by atoms with E-state index in [4.69, 9.17) is 5.11 Å². The van der Waals surface area contributed by atoms with Gasteiger partial charge in [-0.05, 0) is 38.5 Å². The predicted molar refractivity (Wildman–Crippen MR) is 78.6 cm³/mol. The molecule has 1 aliphatic carbocycles. The summed E-state index contributed by atoms with van der Waals surface area (Å²) in [5.41, 5.74) is 0. The summed E-state index contributed by atoms with van der Waals surface area (Å²) in [6.07, 6.45) is 5.73. The minimum absolute atomic E-state index is 0.0766. The average Bonchev–Trinajstić information content (AvgIpc) is 2.74. The van der Waals surface area contributed by atoms with E-state index >= 15 is 0 Å². The fraction of sp³-hybridized carbons (Fsp3) is 0.867. The van der Waals surface area contributed by atoms with Gasteiger partial charge in [0, 0.05) is 12.1 Å². The molecule has 20 heavy (non-hydrogen) atoms. The fourth-order valence-corrected chi connectivity index (χ4v) is 2.72. The molecule has 0 radical (unpaired) electrons. The monoisotopic (exact) mass is 284 g/mol. The molecule has 0 aromatic heterocycles. The van der Waals surface area contributed by atoms with Gasteiger partial charge in [0.15, 0.2) is 0 Å². The second-order valence-corrected chi connectivity index (χ2v) is 6.20. The van der Waals surface area contributed by atoms with E-state index in [9.17, 15) is 9.59 Å². The third kappa shape index (κ3) is 5.80. The van der Waals surface area contributed by atoms with Crippen LogP contribution in [0.2, 0.25) is 0 Å². The van der Waals surface area contributed by atoms with Crippen LogP contribution in [0.4, 0.5) is 4.79 Å². The number of carbonyl (C=O) groups is 2. The number of rotatable bonds is 7. The summed E-state index contributed by atoms with van der Waals surface area (Å²) in [6, 6.07) is 0.282. The fourth-order valence-electron chi connectivity index (χ4n) is 2.72. The van der Waals surface area contributed by atoms with E-state index < -0.39 is 5.97 Å². The zero-order valence-electron chi connectivity index (χ0n) is 12.8. The normalized spacial score (nSPS) is 24.9. The maximum atomic E-state index is 11.8. The van der Waals surface area contributed by atoms with Crippen LogP contribution in [0.25, 0.3) is 0 Å². The number of hydrogen-bond acceptors (Lipinski definition) is 2. The summed E-state index contributed by atoms with van der Waals surface area (Å²) in [5.74, 6) is -0.499. The number of carboxylic acids is 1. The van der Waals surface area contributed by atoms with Crippen LogP contribution in [-0.4, -0.2) is 29.2 Å². The molecular weight excluding hydrogens is 256 g/mol. The molecule has 5 nitrogen and oxygen atoms in total. The van der Waals surface area contributed by atoms with Crippen LogP contribution >= 0.6 is 0 Å². The molecule has 0 aliphatic heterocycles. The van der Waals surface area contributed by atoms with Crippen molar-refractivity contribution in [1.29, 1.82) is 0 Å². The second kappa shape index (κ2) is 8.12. The first-order valence-electron chi connectivity index (χ1n) is 7.70. The Hall–Kier alpha value is -1.26. The number of nitrogens with one attached hydrogen (secondary N) is 2. The number of urea groups is 1. The molecule has 0 heterocycles. The molecule has 5 heteroatoms. The van der Waals surface area contributed by atoms with Gasteiger partial charge in [-0.2, -0.15) is 0 Å². The van der Waals surface area contributed by atoms with Crippen LogP contribution in [0.3, 0.4) is 0 Å². The first-order chi connectivity index (χ1) is 9.40. The second-order valence-electron chi connectivity index (χ2n) is 6.20. The van der Waals surface area contributed by atoms with Crippen molar-refractivity contribution in [2.45, 2.75) is 71.4 Å². The molecular formula is C15H28N2O3. The van der Waals surface area contributed by atoms with E-state index in [-0.39, 0.29) is 18.0 Å². The average molecular weight is 284 g/mol. The summed E-state index contributed by atoms with van der Waals surface area (Å²) < 4.78 is 0. The first kappa shape index (κ1) is 16.8. The molecule has 1 saturated carbocycles. The van der Waals surface area contributed by atoms with E-state index in [0.29, 0.717) is 18.4 Å². The molecule has 2 amide bonds. The molecule has 1 rings (SSSR count). The quantitative estimate of drug-likeness (QED) is 0.672. The lowest BCUT2D eigenvalue weighted by atomic mass is 10.0. The third-order valence-corrected chi connectivity index (χ3v) is 4.25. The van der Waals surface area contributed by atoms with Gasteiger partial charge < -0.3 is 15.7 Å². The molecule has 4 unspecified atom stereocenters. The van der Waals surface area contributed by atoms with Crippen LogP contribution in [0.15, 0.2) is 0 Å². The molecule has 1 aliphatic rings. The van der Waals surface area contributed by atoms with Gasteiger partial charge in [-0.3, -0.25) is 4.79 Å². The van der Waals surface area contributed by atoms with Gasteiger partial charge >= 0.3 is 12.0 Å². The van der Waals surface area contributed by atoms with E-state index in [1.807, 2.05) is 6.92 Å². The molecule has 116 valence electrons. The van der Waals surface area contributed by atoms with Crippen LogP contribution in [0.1, 0.15) is 59.3 Å². The highest BCUT2D eigenvalue weighted by Gasteiger charge is 2.24. The first-order valence-corrected chi connectivity index (χ1v) is 7.70. The predicted octanol–water partition coefficient (Wildman–Crippen LogP) is 2.75. The summed E-state index contributed by atoms with van der Waals surface area (Å²) in [7, 11) is 0. The Morgan fingerprint density at radius 3 is 2.50 bits per heavy atom. The van der Waals surface area contributed by atoms with Gasteiger partial charge in [0.25, 0.3) is 0 Å². The Bertz CT molecular complexity index is 333. The van der Waals surface area contributed by atoms with E-state index in [0.717, 1.165) is 19.3 Å². The van der Waals surface area contributed by atoms with Crippen molar-refractivity contribution in [2.24, 2.45) is 11.8 Å². The van der Waals surface area contributed by atoms with Gasteiger partial charge in [-0.1, -0.05) is 26.7 Å². The van der Waals surface area contributed by atoms with Crippen molar-refractivity contribution in [3.05, 3.63) is 0 Å². The summed E-state index contributed by atoms with van der Waals surface area (Å²) in [5, 5.41) is 14.8. The van der Waals surface area contributed by atoms with E-state index in [2.05, 4.69) is 17.6 Å².